The maximum atomic E-state index is 13.2. The van der Waals surface area contributed by atoms with E-state index in [1.54, 1.807) is 4.40 Å². The normalized spacial score (nSPS) is 10.7. The molecule has 2 aromatic heterocycles. The van der Waals surface area contributed by atoms with Crippen LogP contribution in [-0.2, 0) is 6.42 Å². The number of unbranched alkanes of at least 4 members (excludes halogenated alkanes) is 1. The molecule has 0 atom stereocenters. The van der Waals surface area contributed by atoms with E-state index in [0.29, 0.717) is 17.0 Å². The smallest absolute Gasteiger partial charge is 0.257 e. The van der Waals surface area contributed by atoms with Crippen molar-refractivity contribution in [3.05, 3.63) is 83.9 Å². The minimum Gasteiger partial charge on any atom is -0.308 e. The number of carbonyl (C=O) groups excluding carboxylic acids is 1. The zero-order chi connectivity index (χ0) is 20.9. The average molecular weight is 395 g/mol. The molecule has 0 saturated carbocycles. The molecule has 0 saturated heterocycles. The van der Waals surface area contributed by atoms with Crippen molar-refractivity contribution in [2.75, 3.05) is 5.32 Å². The van der Waals surface area contributed by atoms with Crippen LogP contribution in [0, 0.1) is 11.3 Å². The monoisotopic (exact) mass is 395 g/mol. The number of hydrogen-bond donors (Lipinski definition) is 1. The number of nitrogens with one attached hydrogen (secondary N) is 1. The lowest BCUT2D eigenvalue weighted by Gasteiger charge is -2.13. The minimum absolute atomic E-state index is 0.226. The van der Waals surface area contributed by atoms with E-state index in [-0.39, 0.29) is 11.6 Å². The van der Waals surface area contributed by atoms with Crippen molar-refractivity contribution in [1.29, 1.82) is 5.26 Å². The van der Waals surface area contributed by atoms with Gasteiger partial charge >= 0.3 is 0 Å². The maximum Gasteiger partial charge on any atom is 0.257 e. The van der Waals surface area contributed by atoms with Gasteiger partial charge in [0, 0.05) is 17.3 Å². The molecule has 30 heavy (non-hydrogen) atoms. The molecule has 2 aromatic carbocycles. The van der Waals surface area contributed by atoms with Gasteiger partial charge in [0.05, 0.1) is 0 Å². The Hall–Kier alpha value is -3.98. The molecular formula is C24H21N5O. The molecule has 6 heteroatoms. The van der Waals surface area contributed by atoms with Gasteiger partial charge in [-0.05, 0) is 30.0 Å². The van der Waals surface area contributed by atoms with Crippen LogP contribution >= 0.6 is 0 Å². The quantitative estimate of drug-likeness (QED) is 0.505. The first-order valence-electron chi connectivity index (χ1n) is 9.94. The largest absolute Gasteiger partial charge is 0.308 e. The Balaban J connectivity index is 1.74. The highest BCUT2D eigenvalue weighted by atomic mass is 16.1. The number of nitrogens with zero attached hydrogens (tertiary/aromatic N) is 4. The van der Waals surface area contributed by atoms with Gasteiger partial charge in [0.2, 0.25) is 0 Å². The van der Waals surface area contributed by atoms with E-state index in [9.17, 15) is 10.1 Å². The third kappa shape index (κ3) is 3.78. The fraction of sp³-hybridized carbons (Fsp3) is 0.167. The summed E-state index contributed by atoms with van der Waals surface area (Å²) in [5.74, 6) is 0.323. The third-order valence-corrected chi connectivity index (χ3v) is 4.95. The number of benzene rings is 2. The number of imidazole rings is 1. The number of fused-ring (bicyclic) bond motifs is 1. The number of carbonyl (C=O) groups is 1. The Kier molecular flexibility index (Phi) is 5.53. The van der Waals surface area contributed by atoms with E-state index in [4.69, 9.17) is 0 Å². The molecule has 1 N–H and O–H groups in total. The first-order valence-corrected chi connectivity index (χ1v) is 9.94. The Morgan fingerprint density at radius 3 is 2.67 bits per heavy atom. The van der Waals surface area contributed by atoms with Crippen molar-refractivity contribution in [3.8, 4) is 17.2 Å². The second-order valence-corrected chi connectivity index (χ2v) is 7.00. The van der Waals surface area contributed by atoms with Gasteiger partial charge in [-0.1, -0.05) is 61.9 Å². The van der Waals surface area contributed by atoms with E-state index >= 15 is 0 Å². The van der Waals surface area contributed by atoms with E-state index in [1.165, 1.54) is 6.33 Å². The number of aromatic nitrogens is 3. The highest BCUT2D eigenvalue weighted by Crippen LogP contribution is 2.25. The lowest BCUT2D eigenvalue weighted by Crippen LogP contribution is -2.16. The van der Waals surface area contributed by atoms with Crippen LogP contribution in [0.3, 0.4) is 0 Å². The number of amides is 1. The Morgan fingerprint density at radius 2 is 1.90 bits per heavy atom. The van der Waals surface area contributed by atoms with E-state index in [2.05, 4.69) is 28.3 Å². The van der Waals surface area contributed by atoms with Gasteiger partial charge in [-0.2, -0.15) is 5.26 Å². The second-order valence-electron chi connectivity index (χ2n) is 7.00. The highest BCUT2D eigenvalue weighted by molar-refractivity contribution is 6.08. The van der Waals surface area contributed by atoms with Gasteiger partial charge in [-0.25, -0.2) is 9.97 Å². The second kappa shape index (κ2) is 8.58. The summed E-state index contributed by atoms with van der Waals surface area (Å²) in [6, 6.07) is 21.2. The molecule has 6 nitrogen and oxygen atoms in total. The number of rotatable bonds is 6. The van der Waals surface area contributed by atoms with E-state index < -0.39 is 0 Å². The number of aryl methyl sites for hydroxylation is 1. The lowest BCUT2D eigenvalue weighted by atomic mass is 9.99. The fourth-order valence-corrected chi connectivity index (χ4v) is 3.42. The van der Waals surface area contributed by atoms with Crippen molar-refractivity contribution < 1.29 is 4.79 Å². The molecule has 0 fully saturated rings. The Morgan fingerprint density at radius 1 is 1.13 bits per heavy atom. The molecular weight excluding hydrogens is 374 g/mol. The van der Waals surface area contributed by atoms with Gasteiger partial charge in [0.1, 0.15) is 18.2 Å². The molecule has 0 aliphatic carbocycles. The van der Waals surface area contributed by atoms with Crippen molar-refractivity contribution >= 4 is 17.4 Å². The standard InChI is InChI=1S/C24H21N5O/c1-2-3-11-18-14-22(29-16-26-21(15-25)23(29)27-18)28-24(30)20-13-8-7-12-19(20)17-9-5-4-6-10-17/h4-10,12-14,16H,2-3,11H2,1H3,(H,28,30). The molecule has 148 valence electrons. The van der Waals surface area contributed by atoms with Crippen LogP contribution in [0.5, 0.6) is 0 Å². The summed E-state index contributed by atoms with van der Waals surface area (Å²) >= 11 is 0. The topological polar surface area (TPSA) is 83.1 Å². The van der Waals surface area contributed by atoms with Crippen LogP contribution < -0.4 is 5.32 Å². The van der Waals surface area contributed by atoms with Crippen molar-refractivity contribution in [3.63, 3.8) is 0 Å². The van der Waals surface area contributed by atoms with E-state index in [0.717, 1.165) is 36.1 Å². The van der Waals surface area contributed by atoms with E-state index in [1.807, 2.05) is 60.7 Å². The number of hydrogen-bond acceptors (Lipinski definition) is 4. The van der Waals surface area contributed by atoms with Gasteiger partial charge in [0.25, 0.3) is 5.91 Å². The van der Waals surface area contributed by atoms with Crippen molar-refractivity contribution in [2.24, 2.45) is 0 Å². The molecule has 2 heterocycles. The van der Waals surface area contributed by atoms with Crippen LogP contribution in [0.1, 0.15) is 41.5 Å². The summed E-state index contributed by atoms with van der Waals surface area (Å²) in [6.45, 7) is 2.11. The van der Waals surface area contributed by atoms with Gasteiger partial charge in [-0.15, -0.1) is 0 Å². The third-order valence-electron chi connectivity index (χ3n) is 4.95. The molecule has 0 bridgehead atoms. The number of anilines is 1. The summed E-state index contributed by atoms with van der Waals surface area (Å²) in [5, 5.41) is 12.4. The lowest BCUT2D eigenvalue weighted by molar-refractivity contribution is 0.102. The molecule has 4 rings (SSSR count). The summed E-state index contributed by atoms with van der Waals surface area (Å²) in [5.41, 5.74) is 3.93. The molecule has 0 radical (unpaired) electrons. The number of nitriles is 1. The van der Waals surface area contributed by atoms with Crippen molar-refractivity contribution in [2.45, 2.75) is 26.2 Å². The molecule has 0 spiro atoms. The SMILES string of the molecule is CCCCc1cc(NC(=O)c2ccccc2-c2ccccc2)n2cnc(C#N)c2n1. The molecule has 0 unspecified atom stereocenters. The van der Waals surface area contributed by atoms with Crippen LogP contribution in [0.4, 0.5) is 5.82 Å². The van der Waals surface area contributed by atoms with Gasteiger partial charge in [-0.3, -0.25) is 9.20 Å². The highest BCUT2D eigenvalue weighted by Gasteiger charge is 2.16. The summed E-state index contributed by atoms with van der Waals surface area (Å²) < 4.78 is 1.65. The fourth-order valence-electron chi connectivity index (χ4n) is 3.42. The van der Waals surface area contributed by atoms with Gasteiger partial charge < -0.3 is 5.32 Å². The summed E-state index contributed by atoms with van der Waals surface area (Å²) in [6.07, 6.45) is 4.29. The molecule has 4 aromatic rings. The first kappa shape index (κ1) is 19.3. The van der Waals surface area contributed by atoms with Crippen LogP contribution in [0.15, 0.2) is 67.0 Å². The molecule has 0 aliphatic rings. The van der Waals surface area contributed by atoms with Gasteiger partial charge in [0.15, 0.2) is 11.3 Å². The summed E-state index contributed by atoms with van der Waals surface area (Å²) in [7, 11) is 0. The zero-order valence-corrected chi connectivity index (χ0v) is 16.7. The average Bonchev–Trinajstić information content (AvgIpc) is 3.21. The van der Waals surface area contributed by atoms with Crippen LogP contribution in [-0.4, -0.2) is 20.3 Å². The first-order chi connectivity index (χ1) is 14.7. The minimum atomic E-state index is -0.226. The van der Waals surface area contributed by atoms with Crippen LogP contribution in [0.2, 0.25) is 0 Å². The molecule has 0 aliphatic heterocycles. The predicted molar refractivity (Wildman–Crippen MR) is 116 cm³/mol. The summed E-state index contributed by atoms with van der Waals surface area (Å²) in [4.78, 5) is 21.9. The van der Waals surface area contributed by atoms with Crippen molar-refractivity contribution in [1.82, 2.24) is 14.4 Å². The maximum absolute atomic E-state index is 13.2. The Bertz CT molecular complexity index is 1240. The zero-order valence-electron chi connectivity index (χ0n) is 16.7. The van der Waals surface area contributed by atoms with Crippen LogP contribution in [0.25, 0.3) is 16.8 Å². The Labute approximate surface area is 174 Å². The molecule has 1 amide bonds. The predicted octanol–water partition coefficient (Wildman–Crippen LogP) is 4.86.